The number of unbranched alkanes of at least 4 members (excludes halogenated alkanes) is 9. The standard InChI is InChI=1S/C12H26.CHN/c1-3-5-7-9-11-12-10-8-6-4-2;1-2/h3-12H2,1-2H3;2H. The van der Waals surface area contributed by atoms with Crippen LogP contribution in [0.5, 0.6) is 0 Å². The van der Waals surface area contributed by atoms with Gasteiger partial charge in [-0.15, -0.1) is 0 Å². The Morgan fingerprint density at radius 1 is 0.571 bits per heavy atom. The van der Waals surface area contributed by atoms with Crippen LogP contribution in [-0.4, -0.2) is 0 Å². The van der Waals surface area contributed by atoms with E-state index in [4.69, 9.17) is 11.8 Å². The fourth-order valence-electron chi connectivity index (χ4n) is 1.56. The Balaban J connectivity index is 0. The van der Waals surface area contributed by atoms with Crippen LogP contribution in [0, 0.1) is 6.57 Å². The molecule has 0 aromatic heterocycles. The lowest BCUT2D eigenvalue weighted by atomic mass is 10.1. The molecule has 0 aliphatic rings. The lowest BCUT2D eigenvalue weighted by molar-refractivity contribution is -0.0997. The van der Waals surface area contributed by atoms with Crippen molar-refractivity contribution in [1.82, 2.24) is 0 Å². The normalized spacial score (nSPS) is 9.14. The molecule has 84 valence electrons. The van der Waals surface area contributed by atoms with Crippen LogP contribution in [0.3, 0.4) is 0 Å². The summed E-state index contributed by atoms with van der Waals surface area (Å²) >= 11 is 0. The van der Waals surface area contributed by atoms with Crippen LogP contribution in [0.4, 0.5) is 0 Å². The van der Waals surface area contributed by atoms with Gasteiger partial charge in [0.05, 0.1) is 0 Å². The van der Waals surface area contributed by atoms with Gasteiger partial charge in [-0.3, -0.25) is 0 Å². The van der Waals surface area contributed by atoms with Gasteiger partial charge in [0.1, 0.15) is 0 Å². The number of nitrogens with one attached hydrogen (secondary N) is 1. The predicted molar refractivity (Wildman–Crippen MR) is 61.7 cm³/mol. The van der Waals surface area contributed by atoms with E-state index in [1.54, 1.807) is 0 Å². The molecule has 0 saturated carbocycles. The second-order valence-corrected chi connectivity index (χ2v) is 3.83. The van der Waals surface area contributed by atoms with Gasteiger partial charge in [0.25, 0.3) is 0 Å². The predicted octanol–water partition coefficient (Wildman–Crippen LogP) is 3.27. The molecule has 0 aromatic carbocycles. The molecule has 1 N–H and O–H groups in total. The molecule has 0 aliphatic heterocycles. The second-order valence-electron chi connectivity index (χ2n) is 3.83. The Labute approximate surface area is 90.5 Å². The van der Waals surface area contributed by atoms with E-state index in [1.165, 1.54) is 64.2 Å². The van der Waals surface area contributed by atoms with Crippen molar-refractivity contribution in [1.29, 1.82) is 0 Å². The van der Waals surface area contributed by atoms with Crippen LogP contribution in [0.25, 0.3) is 0 Å². The van der Waals surface area contributed by atoms with Crippen molar-refractivity contribution in [2.75, 3.05) is 0 Å². The van der Waals surface area contributed by atoms with Gasteiger partial charge in [0.2, 0.25) is 0 Å². The van der Waals surface area contributed by atoms with E-state index in [0.29, 0.717) is 0 Å². The van der Waals surface area contributed by atoms with Gasteiger partial charge in [-0.2, -0.15) is 0 Å². The highest BCUT2D eigenvalue weighted by molar-refractivity contribution is 4.45. The van der Waals surface area contributed by atoms with Crippen molar-refractivity contribution < 1.29 is 5.26 Å². The van der Waals surface area contributed by atoms with Crippen LogP contribution in [-0.2, 0) is 0 Å². The maximum Gasteiger partial charge on any atom is -0.0533 e. The molecule has 0 atom stereocenters. The summed E-state index contributed by atoms with van der Waals surface area (Å²) in [4.78, 5) is 0. The van der Waals surface area contributed by atoms with Crippen LogP contribution >= 0.6 is 0 Å². The average molecular weight is 197 g/mol. The number of hydrogen-bond acceptors (Lipinski definition) is 0. The van der Waals surface area contributed by atoms with Gasteiger partial charge in [-0.1, -0.05) is 78.1 Å². The smallest absolute Gasteiger partial charge is 0.0533 e. The Morgan fingerprint density at radius 2 is 0.786 bits per heavy atom. The van der Waals surface area contributed by atoms with Crippen molar-refractivity contribution in [2.45, 2.75) is 78.1 Å². The van der Waals surface area contributed by atoms with Crippen molar-refractivity contribution >= 4 is 0 Å². The summed E-state index contributed by atoms with van der Waals surface area (Å²) in [7, 11) is 0. The zero-order chi connectivity index (χ0) is 11.1. The maximum atomic E-state index is 5.00. The third-order valence-corrected chi connectivity index (χ3v) is 2.46. The van der Waals surface area contributed by atoms with E-state index in [-0.39, 0.29) is 0 Å². The maximum absolute atomic E-state index is 5.00. The minimum atomic E-state index is 1.37. The molecular weight excluding hydrogens is 170 g/mol. The van der Waals surface area contributed by atoms with Crippen molar-refractivity contribution in [3.8, 4) is 0 Å². The van der Waals surface area contributed by atoms with Gasteiger partial charge in [-0.25, -0.2) is 6.57 Å². The van der Waals surface area contributed by atoms with Gasteiger partial charge < -0.3 is 5.26 Å². The van der Waals surface area contributed by atoms with E-state index < -0.39 is 0 Å². The Kier molecular flexibility index (Phi) is 20.8. The summed E-state index contributed by atoms with van der Waals surface area (Å²) in [6.45, 7) is 9.56. The molecule has 0 bridgehead atoms. The first-order valence-corrected chi connectivity index (χ1v) is 6.16. The highest BCUT2D eigenvalue weighted by Crippen LogP contribution is 2.09. The molecule has 0 radical (unpaired) electrons. The van der Waals surface area contributed by atoms with Crippen LogP contribution in [0.15, 0.2) is 0 Å². The Bertz CT molecular complexity index is 86.7. The van der Waals surface area contributed by atoms with Crippen LogP contribution in [0.1, 0.15) is 78.1 Å². The summed E-state index contributed by atoms with van der Waals surface area (Å²) in [5, 5.41) is 5.00. The van der Waals surface area contributed by atoms with E-state index in [9.17, 15) is 0 Å². The molecule has 1 nitrogen and oxygen atoms in total. The molecule has 1 heteroatoms. The van der Waals surface area contributed by atoms with Gasteiger partial charge in [-0.05, 0) is 0 Å². The van der Waals surface area contributed by atoms with Gasteiger partial charge >= 0.3 is 0 Å². The van der Waals surface area contributed by atoms with Crippen molar-refractivity contribution in [3.63, 3.8) is 0 Å². The summed E-state index contributed by atoms with van der Waals surface area (Å²) in [6.07, 6.45) is 14.4. The van der Waals surface area contributed by atoms with E-state index >= 15 is 0 Å². The van der Waals surface area contributed by atoms with E-state index in [0.717, 1.165) is 0 Å². The van der Waals surface area contributed by atoms with Gasteiger partial charge in [0.15, 0.2) is 0 Å². The molecule has 0 spiro atoms. The average Bonchev–Trinajstić information content (AvgIpc) is 2.25. The largest absolute Gasteiger partial charge is 0.335 e. The summed E-state index contributed by atoms with van der Waals surface area (Å²) in [6, 6.07) is 0. The first-order valence-electron chi connectivity index (χ1n) is 6.16. The highest BCUT2D eigenvalue weighted by atomic mass is 14.2. The SMILES string of the molecule is CCCCCCCCCCCC.[C-]#[NH+]. The molecule has 0 saturated heterocycles. The quantitative estimate of drug-likeness (QED) is 0.433. The van der Waals surface area contributed by atoms with E-state index in [1.807, 2.05) is 0 Å². The molecular formula is C13H27N. The molecule has 0 amide bonds. The molecule has 0 aliphatic carbocycles. The molecule has 0 heterocycles. The summed E-state index contributed by atoms with van der Waals surface area (Å²) in [5.74, 6) is 0. The summed E-state index contributed by atoms with van der Waals surface area (Å²) < 4.78 is 0. The van der Waals surface area contributed by atoms with Crippen LogP contribution in [0.2, 0.25) is 0 Å². The Morgan fingerprint density at radius 3 is 1.00 bits per heavy atom. The second kappa shape index (κ2) is 18.3. The molecule has 0 fully saturated rings. The molecule has 14 heavy (non-hydrogen) atoms. The first kappa shape index (κ1) is 15.9. The lowest BCUT2D eigenvalue weighted by Gasteiger charge is -1.99. The molecule has 0 aromatic rings. The number of hydrogen-bond donors (Lipinski definition) is 1. The first-order chi connectivity index (χ1) is 6.91. The van der Waals surface area contributed by atoms with E-state index in [2.05, 4.69) is 13.8 Å². The van der Waals surface area contributed by atoms with Gasteiger partial charge in [0, 0.05) is 0 Å². The lowest BCUT2D eigenvalue weighted by Crippen LogP contribution is -2.10. The fourth-order valence-corrected chi connectivity index (χ4v) is 1.56. The zero-order valence-electron chi connectivity index (χ0n) is 10.1. The van der Waals surface area contributed by atoms with Crippen molar-refractivity contribution in [2.24, 2.45) is 0 Å². The summed E-state index contributed by atoms with van der Waals surface area (Å²) in [5.41, 5.74) is 0. The number of rotatable bonds is 9. The van der Waals surface area contributed by atoms with Crippen molar-refractivity contribution in [3.05, 3.63) is 6.57 Å². The zero-order valence-corrected chi connectivity index (χ0v) is 10.1. The minimum Gasteiger partial charge on any atom is -0.335 e. The highest BCUT2D eigenvalue weighted by Gasteiger charge is 1.90. The topological polar surface area (TPSA) is 23.8 Å². The monoisotopic (exact) mass is 197 g/mol. The molecule has 0 unspecified atom stereocenters. The minimum absolute atomic E-state index is 1.37. The fraction of sp³-hybridized carbons (Fsp3) is 0.923. The Hall–Kier alpha value is -0.510. The third-order valence-electron chi connectivity index (χ3n) is 2.46. The molecule has 0 rings (SSSR count). The van der Waals surface area contributed by atoms with Crippen LogP contribution < -0.4 is 5.26 Å². The third kappa shape index (κ3) is 17.5.